The van der Waals surface area contributed by atoms with Gasteiger partial charge in [0.2, 0.25) is 5.91 Å². The lowest BCUT2D eigenvalue weighted by molar-refractivity contribution is -0.130. The number of aromatic nitrogens is 3. The van der Waals surface area contributed by atoms with E-state index in [1.54, 1.807) is 12.4 Å². The van der Waals surface area contributed by atoms with E-state index in [1.807, 2.05) is 21.6 Å². The molecule has 2 aromatic carbocycles. The Kier molecular flexibility index (Phi) is 7.29. The van der Waals surface area contributed by atoms with Gasteiger partial charge in [0.15, 0.2) is 16.7 Å². The molecule has 1 amide bonds. The monoisotopic (exact) mass is 469 g/mol. The predicted molar refractivity (Wildman–Crippen MR) is 126 cm³/mol. The molecule has 1 aromatic heterocycles. The number of nitrogens with zero attached hydrogens (tertiary/aromatic N) is 5. The van der Waals surface area contributed by atoms with Crippen molar-refractivity contribution in [1.82, 2.24) is 24.6 Å². The maximum Gasteiger partial charge on any atom is 0.233 e. The van der Waals surface area contributed by atoms with E-state index in [0.717, 1.165) is 24.3 Å². The lowest BCUT2D eigenvalue weighted by atomic mass is 10.1. The van der Waals surface area contributed by atoms with Gasteiger partial charge >= 0.3 is 0 Å². The predicted octanol–water partition coefficient (Wildman–Crippen LogP) is 3.47. The van der Waals surface area contributed by atoms with Crippen molar-refractivity contribution >= 4 is 17.7 Å². The fraction of sp³-hybridized carbons (Fsp3) is 0.375. The highest BCUT2D eigenvalue weighted by Gasteiger charge is 2.22. The van der Waals surface area contributed by atoms with Crippen molar-refractivity contribution in [3.05, 3.63) is 65.2 Å². The summed E-state index contributed by atoms with van der Waals surface area (Å²) < 4.78 is 20.8. The second-order valence-corrected chi connectivity index (χ2v) is 9.11. The van der Waals surface area contributed by atoms with Gasteiger partial charge in [0.25, 0.3) is 0 Å². The van der Waals surface area contributed by atoms with Gasteiger partial charge in [-0.2, -0.15) is 0 Å². The number of carbonyl (C=O) groups is 1. The Morgan fingerprint density at radius 2 is 1.88 bits per heavy atom. The third kappa shape index (κ3) is 5.54. The molecule has 1 fully saturated rings. The summed E-state index contributed by atoms with van der Waals surface area (Å²) in [6.07, 6.45) is 1.68. The largest absolute Gasteiger partial charge is 0.494 e. The number of hydrogen-bond acceptors (Lipinski definition) is 6. The highest BCUT2D eigenvalue weighted by molar-refractivity contribution is 7.99. The molecule has 0 spiro atoms. The van der Waals surface area contributed by atoms with E-state index in [1.165, 1.54) is 36.1 Å². The van der Waals surface area contributed by atoms with E-state index in [0.29, 0.717) is 30.5 Å². The van der Waals surface area contributed by atoms with Crippen LogP contribution in [0.4, 0.5) is 4.39 Å². The molecule has 3 aromatic rings. The smallest absolute Gasteiger partial charge is 0.233 e. The molecule has 0 bridgehead atoms. The quantitative estimate of drug-likeness (QED) is 0.494. The van der Waals surface area contributed by atoms with E-state index in [2.05, 4.69) is 41.1 Å². The van der Waals surface area contributed by atoms with E-state index < -0.39 is 0 Å². The van der Waals surface area contributed by atoms with Crippen molar-refractivity contribution in [2.45, 2.75) is 25.5 Å². The van der Waals surface area contributed by atoms with Crippen molar-refractivity contribution in [2.75, 3.05) is 39.0 Å². The third-order valence-electron chi connectivity index (χ3n) is 5.96. The lowest BCUT2D eigenvalue weighted by Crippen LogP contribution is -2.48. The van der Waals surface area contributed by atoms with Crippen LogP contribution < -0.4 is 4.74 Å². The zero-order chi connectivity index (χ0) is 23.4. The molecule has 9 heteroatoms. The second-order valence-electron chi connectivity index (χ2n) is 8.17. The molecule has 0 N–H and O–H groups in total. The first-order chi connectivity index (χ1) is 15.9. The molecular weight excluding hydrogens is 441 g/mol. The number of methoxy groups -OCH3 is 1. The number of benzene rings is 2. The van der Waals surface area contributed by atoms with E-state index in [9.17, 15) is 9.18 Å². The van der Waals surface area contributed by atoms with Crippen molar-refractivity contribution in [3.63, 3.8) is 0 Å². The van der Waals surface area contributed by atoms with E-state index in [-0.39, 0.29) is 17.5 Å². The molecule has 0 aliphatic carbocycles. The molecule has 4 rings (SSSR count). The molecule has 1 aliphatic rings. The molecule has 2 heterocycles. The summed E-state index contributed by atoms with van der Waals surface area (Å²) >= 11 is 1.40. The van der Waals surface area contributed by atoms with Gasteiger partial charge in [-0.3, -0.25) is 14.3 Å². The summed E-state index contributed by atoms with van der Waals surface area (Å²) in [5.41, 5.74) is 4.31. The van der Waals surface area contributed by atoms with Crippen molar-refractivity contribution in [2.24, 2.45) is 0 Å². The first-order valence-corrected chi connectivity index (χ1v) is 11.9. The Morgan fingerprint density at radius 3 is 2.58 bits per heavy atom. The summed E-state index contributed by atoms with van der Waals surface area (Å²) in [6.45, 7) is 7.62. The zero-order valence-corrected chi connectivity index (χ0v) is 19.9. The molecule has 0 atom stereocenters. The highest BCUT2D eigenvalue weighted by atomic mass is 32.2. The van der Waals surface area contributed by atoms with Crippen LogP contribution in [0.1, 0.15) is 16.7 Å². The van der Waals surface area contributed by atoms with E-state index in [4.69, 9.17) is 4.74 Å². The topological polar surface area (TPSA) is 63.5 Å². The molecule has 1 aliphatic heterocycles. The molecule has 0 saturated carbocycles. The van der Waals surface area contributed by atoms with Crippen LogP contribution >= 0.6 is 11.8 Å². The number of aryl methyl sites for hydroxylation is 2. The van der Waals surface area contributed by atoms with Crippen LogP contribution in [0.5, 0.6) is 5.75 Å². The van der Waals surface area contributed by atoms with Crippen LogP contribution in [0.3, 0.4) is 0 Å². The standard InChI is InChI=1S/C24H28FN5O2S/c1-17-4-6-20(12-18(17)2)30-16-26-27-24(30)33-15-23(31)29-10-8-28(9-11-29)14-19-5-7-22(32-3)21(25)13-19/h4-7,12-13,16H,8-11,14-15H2,1-3H3. The van der Waals surface area contributed by atoms with Crippen LogP contribution in [0.15, 0.2) is 47.9 Å². The van der Waals surface area contributed by atoms with Gasteiger partial charge in [0.1, 0.15) is 6.33 Å². The number of hydrogen-bond donors (Lipinski definition) is 0. The SMILES string of the molecule is COc1ccc(CN2CCN(C(=O)CSc3nncn3-c3ccc(C)c(C)c3)CC2)cc1F. The van der Waals surface area contributed by atoms with Crippen LogP contribution in [0.25, 0.3) is 5.69 Å². The van der Waals surface area contributed by atoms with Crippen molar-refractivity contribution in [3.8, 4) is 11.4 Å². The minimum absolute atomic E-state index is 0.0878. The Labute approximate surface area is 197 Å². The van der Waals surface area contributed by atoms with Gasteiger partial charge < -0.3 is 9.64 Å². The number of piperazine rings is 1. The maximum absolute atomic E-state index is 13.9. The molecule has 33 heavy (non-hydrogen) atoms. The minimum atomic E-state index is -0.352. The number of rotatable bonds is 7. The molecule has 7 nitrogen and oxygen atoms in total. The molecule has 0 unspecified atom stereocenters. The Balaban J connectivity index is 1.28. The molecule has 174 valence electrons. The molecule has 1 saturated heterocycles. The third-order valence-corrected chi connectivity index (χ3v) is 6.89. The average molecular weight is 470 g/mol. The first-order valence-electron chi connectivity index (χ1n) is 10.9. The van der Waals surface area contributed by atoms with Crippen molar-refractivity contribution in [1.29, 1.82) is 0 Å². The minimum Gasteiger partial charge on any atom is -0.494 e. The highest BCUT2D eigenvalue weighted by Crippen LogP contribution is 2.22. The van der Waals surface area contributed by atoms with Gasteiger partial charge in [-0.05, 0) is 54.8 Å². The molecule has 0 radical (unpaired) electrons. The average Bonchev–Trinajstić information content (AvgIpc) is 3.28. The lowest BCUT2D eigenvalue weighted by Gasteiger charge is -2.34. The fourth-order valence-electron chi connectivity index (χ4n) is 3.81. The normalized spacial score (nSPS) is 14.5. The summed E-state index contributed by atoms with van der Waals surface area (Å²) in [5, 5.41) is 8.93. The van der Waals surface area contributed by atoms with Gasteiger partial charge in [-0.25, -0.2) is 4.39 Å². The number of halogens is 1. The van der Waals surface area contributed by atoms with Crippen LogP contribution in [0, 0.1) is 19.7 Å². The summed E-state index contributed by atoms with van der Waals surface area (Å²) in [6, 6.07) is 11.2. The second kappa shape index (κ2) is 10.4. The van der Waals surface area contributed by atoms with Gasteiger partial charge in [-0.15, -0.1) is 10.2 Å². The zero-order valence-electron chi connectivity index (χ0n) is 19.1. The number of ether oxygens (including phenoxy) is 1. The Bertz CT molecular complexity index is 1130. The van der Waals surface area contributed by atoms with Crippen LogP contribution in [-0.2, 0) is 11.3 Å². The van der Waals surface area contributed by atoms with Crippen LogP contribution in [0.2, 0.25) is 0 Å². The van der Waals surface area contributed by atoms with Gasteiger partial charge in [-0.1, -0.05) is 23.9 Å². The van der Waals surface area contributed by atoms with Gasteiger partial charge in [0, 0.05) is 38.4 Å². The van der Waals surface area contributed by atoms with E-state index >= 15 is 0 Å². The Morgan fingerprint density at radius 1 is 1.09 bits per heavy atom. The number of thioether (sulfide) groups is 1. The van der Waals surface area contributed by atoms with Crippen LogP contribution in [-0.4, -0.2) is 69.5 Å². The fourth-order valence-corrected chi connectivity index (χ4v) is 4.65. The van der Waals surface area contributed by atoms with Gasteiger partial charge in [0.05, 0.1) is 12.9 Å². The number of amides is 1. The van der Waals surface area contributed by atoms with Crippen molar-refractivity contribution < 1.29 is 13.9 Å². The maximum atomic E-state index is 13.9. The molecular formula is C24H28FN5O2S. The number of carbonyl (C=O) groups excluding carboxylic acids is 1. The first kappa shape index (κ1) is 23.3. The summed E-state index contributed by atoms with van der Waals surface area (Å²) in [7, 11) is 1.46. The summed E-state index contributed by atoms with van der Waals surface area (Å²) in [5.74, 6) is 0.298. The Hall–Kier alpha value is -2.91. The summed E-state index contributed by atoms with van der Waals surface area (Å²) in [4.78, 5) is 16.9.